The molecule has 1 fully saturated rings. The topological polar surface area (TPSA) is 41.1 Å². The molecule has 0 heterocycles. The van der Waals surface area contributed by atoms with Crippen LogP contribution in [0.2, 0.25) is 0 Å². The third-order valence-corrected chi connectivity index (χ3v) is 4.33. The van der Waals surface area contributed by atoms with Crippen molar-refractivity contribution in [3.63, 3.8) is 0 Å². The summed E-state index contributed by atoms with van der Waals surface area (Å²) in [5.41, 5.74) is 0. The molecule has 112 valence electrons. The number of amides is 1. The van der Waals surface area contributed by atoms with E-state index in [1.54, 1.807) is 0 Å². The second kappa shape index (κ2) is 8.57. The highest BCUT2D eigenvalue weighted by atomic mass is 16.2. The van der Waals surface area contributed by atoms with Crippen LogP contribution < -0.4 is 10.6 Å². The van der Waals surface area contributed by atoms with Gasteiger partial charge in [-0.3, -0.25) is 4.79 Å². The zero-order valence-corrected chi connectivity index (χ0v) is 13.2. The number of carbonyl (C=O) groups excluding carboxylic acids is 1. The van der Waals surface area contributed by atoms with Crippen molar-refractivity contribution in [1.29, 1.82) is 0 Å². The van der Waals surface area contributed by atoms with Crippen molar-refractivity contribution in [3.05, 3.63) is 0 Å². The van der Waals surface area contributed by atoms with Gasteiger partial charge in [0.2, 0.25) is 5.91 Å². The summed E-state index contributed by atoms with van der Waals surface area (Å²) in [6, 6.07) is -0.0670. The summed E-state index contributed by atoms with van der Waals surface area (Å²) < 4.78 is 0. The lowest BCUT2D eigenvalue weighted by molar-refractivity contribution is -0.122. The summed E-state index contributed by atoms with van der Waals surface area (Å²) >= 11 is 0. The van der Waals surface area contributed by atoms with Gasteiger partial charge in [-0.25, -0.2) is 0 Å². The molecule has 0 saturated heterocycles. The summed E-state index contributed by atoms with van der Waals surface area (Å²) in [6.45, 7) is 10.3. The SMILES string of the molecule is CCC1CCC(CNC(C)C(=O)NCC(C)C)CC1. The van der Waals surface area contributed by atoms with E-state index in [1.165, 1.54) is 32.1 Å². The van der Waals surface area contributed by atoms with Gasteiger partial charge in [0, 0.05) is 6.54 Å². The van der Waals surface area contributed by atoms with Crippen LogP contribution in [0.4, 0.5) is 0 Å². The highest BCUT2D eigenvalue weighted by Gasteiger charge is 2.21. The Hall–Kier alpha value is -0.570. The van der Waals surface area contributed by atoms with E-state index in [4.69, 9.17) is 0 Å². The zero-order chi connectivity index (χ0) is 14.3. The molecule has 1 unspecified atom stereocenters. The second-order valence-corrected chi connectivity index (χ2v) is 6.56. The maximum atomic E-state index is 11.8. The van der Waals surface area contributed by atoms with Crippen molar-refractivity contribution >= 4 is 5.91 Å². The lowest BCUT2D eigenvalue weighted by Gasteiger charge is -2.28. The van der Waals surface area contributed by atoms with E-state index in [2.05, 4.69) is 31.4 Å². The Bertz CT molecular complexity index is 257. The van der Waals surface area contributed by atoms with E-state index in [0.717, 1.165) is 24.9 Å². The van der Waals surface area contributed by atoms with Crippen LogP contribution in [0.15, 0.2) is 0 Å². The smallest absolute Gasteiger partial charge is 0.236 e. The zero-order valence-electron chi connectivity index (χ0n) is 13.2. The molecule has 0 aromatic heterocycles. The van der Waals surface area contributed by atoms with Gasteiger partial charge >= 0.3 is 0 Å². The molecule has 0 aromatic carbocycles. The van der Waals surface area contributed by atoms with Gasteiger partial charge in [-0.1, -0.05) is 40.0 Å². The minimum Gasteiger partial charge on any atom is -0.354 e. The van der Waals surface area contributed by atoms with E-state index in [9.17, 15) is 4.79 Å². The van der Waals surface area contributed by atoms with Gasteiger partial charge in [0.15, 0.2) is 0 Å². The standard InChI is InChI=1S/C16H32N2O/c1-5-14-6-8-15(9-7-14)11-17-13(4)16(19)18-10-12(2)3/h12-15,17H,5-11H2,1-4H3,(H,18,19). The van der Waals surface area contributed by atoms with Crippen molar-refractivity contribution in [2.75, 3.05) is 13.1 Å². The molecule has 19 heavy (non-hydrogen) atoms. The average Bonchev–Trinajstić information content (AvgIpc) is 2.42. The molecule has 3 heteroatoms. The fourth-order valence-corrected chi connectivity index (χ4v) is 2.74. The molecule has 0 spiro atoms. The van der Waals surface area contributed by atoms with Gasteiger partial charge in [-0.05, 0) is 44.1 Å². The van der Waals surface area contributed by atoms with Crippen LogP contribution >= 0.6 is 0 Å². The number of carbonyl (C=O) groups is 1. The van der Waals surface area contributed by atoms with Crippen LogP contribution in [0.25, 0.3) is 0 Å². The number of hydrogen-bond acceptors (Lipinski definition) is 2. The van der Waals surface area contributed by atoms with Crippen LogP contribution in [-0.4, -0.2) is 25.0 Å². The van der Waals surface area contributed by atoms with Crippen LogP contribution in [0.3, 0.4) is 0 Å². The van der Waals surface area contributed by atoms with Crippen molar-refractivity contribution in [2.24, 2.45) is 17.8 Å². The van der Waals surface area contributed by atoms with E-state index in [-0.39, 0.29) is 11.9 Å². The van der Waals surface area contributed by atoms with Gasteiger partial charge in [0.25, 0.3) is 0 Å². The Labute approximate surface area is 118 Å². The van der Waals surface area contributed by atoms with E-state index < -0.39 is 0 Å². The molecule has 1 atom stereocenters. The lowest BCUT2D eigenvalue weighted by Crippen LogP contribution is -2.45. The monoisotopic (exact) mass is 268 g/mol. The van der Waals surface area contributed by atoms with E-state index >= 15 is 0 Å². The molecule has 0 radical (unpaired) electrons. The summed E-state index contributed by atoms with van der Waals surface area (Å²) in [7, 11) is 0. The van der Waals surface area contributed by atoms with Gasteiger partial charge in [-0.15, -0.1) is 0 Å². The van der Waals surface area contributed by atoms with Crippen LogP contribution in [-0.2, 0) is 4.79 Å². The van der Waals surface area contributed by atoms with Crippen molar-refractivity contribution < 1.29 is 4.79 Å². The normalized spacial score (nSPS) is 25.3. The second-order valence-electron chi connectivity index (χ2n) is 6.56. The average molecular weight is 268 g/mol. The summed E-state index contributed by atoms with van der Waals surface area (Å²) in [6.07, 6.45) is 6.72. The van der Waals surface area contributed by atoms with Gasteiger partial charge in [0.05, 0.1) is 6.04 Å². The van der Waals surface area contributed by atoms with Gasteiger partial charge in [-0.2, -0.15) is 0 Å². The fourth-order valence-electron chi connectivity index (χ4n) is 2.74. The van der Waals surface area contributed by atoms with Gasteiger partial charge < -0.3 is 10.6 Å². The Morgan fingerprint density at radius 2 is 1.68 bits per heavy atom. The molecule has 3 nitrogen and oxygen atoms in total. The third-order valence-electron chi connectivity index (χ3n) is 4.33. The Morgan fingerprint density at radius 3 is 2.21 bits per heavy atom. The van der Waals surface area contributed by atoms with Crippen molar-refractivity contribution in [1.82, 2.24) is 10.6 Å². The molecule has 0 bridgehead atoms. The Kier molecular flexibility index (Phi) is 7.44. The van der Waals surface area contributed by atoms with Crippen molar-refractivity contribution in [2.45, 2.75) is 65.8 Å². The molecule has 1 saturated carbocycles. The van der Waals surface area contributed by atoms with E-state index in [0.29, 0.717) is 5.92 Å². The summed E-state index contributed by atoms with van der Waals surface area (Å²) in [5, 5.41) is 6.38. The maximum Gasteiger partial charge on any atom is 0.236 e. The first-order valence-corrected chi connectivity index (χ1v) is 8.04. The highest BCUT2D eigenvalue weighted by Crippen LogP contribution is 2.30. The molecule has 2 N–H and O–H groups in total. The minimum absolute atomic E-state index is 0.0670. The number of nitrogens with one attached hydrogen (secondary N) is 2. The first kappa shape index (κ1) is 16.5. The maximum absolute atomic E-state index is 11.8. The summed E-state index contributed by atoms with van der Waals surface area (Å²) in [4.78, 5) is 11.8. The molecule has 1 aliphatic rings. The Balaban J connectivity index is 2.16. The largest absolute Gasteiger partial charge is 0.354 e. The van der Waals surface area contributed by atoms with Crippen LogP contribution in [0.5, 0.6) is 0 Å². The molecule has 1 amide bonds. The molecular formula is C16H32N2O. The molecule has 0 aromatic rings. The number of rotatable bonds is 7. The third kappa shape index (κ3) is 6.42. The highest BCUT2D eigenvalue weighted by molar-refractivity contribution is 5.81. The summed E-state index contributed by atoms with van der Waals surface area (Å²) in [5.74, 6) is 2.36. The van der Waals surface area contributed by atoms with E-state index in [1.807, 2.05) is 6.92 Å². The quantitative estimate of drug-likeness (QED) is 0.745. The fraction of sp³-hybridized carbons (Fsp3) is 0.938. The molecular weight excluding hydrogens is 236 g/mol. The lowest BCUT2D eigenvalue weighted by atomic mass is 9.81. The van der Waals surface area contributed by atoms with Crippen LogP contribution in [0, 0.1) is 17.8 Å². The molecule has 1 rings (SSSR count). The molecule has 0 aliphatic heterocycles. The predicted octanol–water partition coefficient (Wildman–Crippen LogP) is 2.95. The van der Waals surface area contributed by atoms with Crippen LogP contribution in [0.1, 0.15) is 59.8 Å². The van der Waals surface area contributed by atoms with Gasteiger partial charge in [0.1, 0.15) is 0 Å². The minimum atomic E-state index is -0.0670. The first-order valence-electron chi connectivity index (χ1n) is 8.04. The first-order chi connectivity index (χ1) is 9.02. The molecule has 1 aliphatic carbocycles. The predicted molar refractivity (Wildman–Crippen MR) is 81.1 cm³/mol. The Morgan fingerprint density at radius 1 is 1.11 bits per heavy atom. The number of hydrogen-bond donors (Lipinski definition) is 2. The van der Waals surface area contributed by atoms with Crippen molar-refractivity contribution in [3.8, 4) is 0 Å².